The van der Waals surface area contributed by atoms with Crippen LogP contribution in [0.5, 0.6) is 0 Å². The third-order valence-electron chi connectivity index (χ3n) is 8.44. The highest BCUT2D eigenvalue weighted by molar-refractivity contribution is 7.92. The van der Waals surface area contributed by atoms with Crippen molar-refractivity contribution in [2.45, 2.75) is 26.7 Å². The van der Waals surface area contributed by atoms with Crippen molar-refractivity contribution < 1.29 is 21.6 Å². The number of fused-ring (bicyclic) bond motifs is 2. The lowest BCUT2D eigenvalue weighted by molar-refractivity contribution is 0.600. The van der Waals surface area contributed by atoms with Crippen LogP contribution < -0.4 is 4.31 Å². The summed E-state index contributed by atoms with van der Waals surface area (Å²) >= 11 is 0. The van der Waals surface area contributed by atoms with E-state index >= 15 is 4.39 Å². The van der Waals surface area contributed by atoms with Gasteiger partial charge in [0.05, 0.1) is 29.5 Å². The van der Waals surface area contributed by atoms with E-state index in [0.717, 1.165) is 45.9 Å². The van der Waals surface area contributed by atoms with Crippen LogP contribution in [0.2, 0.25) is 0 Å². The van der Waals surface area contributed by atoms with Gasteiger partial charge >= 0.3 is 0 Å². The number of aryl methyl sites for hydroxylation is 1. The highest BCUT2D eigenvalue weighted by atomic mass is 32.2. The summed E-state index contributed by atoms with van der Waals surface area (Å²) in [6.45, 7) is 3.92. The van der Waals surface area contributed by atoms with Gasteiger partial charge in [0.15, 0.2) is 0 Å². The Labute approximate surface area is 261 Å². The van der Waals surface area contributed by atoms with Crippen LogP contribution in [-0.4, -0.2) is 45.2 Å². The van der Waals surface area contributed by atoms with Crippen molar-refractivity contribution >= 4 is 43.8 Å². The molecular formula is C35H32F2N4O3S. The quantitative estimate of drug-likeness (QED) is 0.179. The number of benzene rings is 3. The van der Waals surface area contributed by atoms with Crippen molar-refractivity contribution in [3.63, 3.8) is 0 Å². The molecule has 2 aromatic heterocycles. The maximum atomic E-state index is 15.9. The predicted molar refractivity (Wildman–Crippen MR) is 176 cm³/mol. The van der Waals surface area contributed by atoms with Gasteiger partial charge in [-0.15, -0.1) is 0 Å². The first kappa shape index (κ1) is 30.3. The van der Waals surface area contributed by atoms with Gasteiger partial charge in [0, 0.05) is 59.7 Å². The number of aromatic nitrogens is 1. The zero-order chi connectivity index (χ0) is 32.0. The van der Waals surface area contributed by atoms with Gasteiger partial charge in [0.1, 0.15) is 23.0 Å². The second-order valence-corrected chi connectivity index (χ2v) is 13.4. The second kappa shape index (κ2) is 11.7. The molecule has 3 heterocycles. The van der Waals surface area contributed by atoms with Crippen LogP contribution in [-0.2, 0) is 16.4 Å². The summed E-state index contributed by atoms with van der Waals surface area (Å²) in [6, 6.07) is 16.0. The average Bonchev–Trinajstić information content (AvgIpc) is 3.31. The summed E-state index contributed by atoms with van der Waals surface area (Å²) < 4.78 is 62.8. The standard InChI is InChI=1S/C35H32F2N4O3S/c1-20-6-7-22-14-15-39-19-30(22)40-34(20)24-10-13-29(37)26(16-24)27-17-28-32(18-31(27)41(4)45(5,42)43)44-35(33(28)21(2)38-3)23-8-11-25(36)12-9-23/h8-20H,6-7H2,1-5H3. The molecular weight excluding hydrogens is 594 g/mol. The van der Waals surface area contributed by atoms with E-state index < -0.39 is 15.8 Å². The zero-order valence-electron chi connectivity index (χ0n) is 25.6. The number of furan rings is 1. The summed E-state index contributed by atoms with van der Waals surface area (Å²) in [5, 5.41) is 0.614. The predicted octanol–water partition coefficient (Wildman–Crippen LogP) is 7.98. The van der Waals surface area contributed by atoms with E-state index in [1.54, 1.807) is 55.8 Å². The average molecular weight is 627 g/mol. The Bertz CT molecular complexity index is 2120. The molecule has 1 unspecified atom stereocenters. The van der Waals surface area contributed by atoms with Crippen LogP contribution >= 0.6 is 0 Å². The summed E-state index contributed by atoms with van der Waals surface area (Å²) in [5.41, 5.74) is 6.53. The van der Waals surface area contributed by atoms with Crippen LogP contribution in [0, 0.1) is 17.6 Å². The lowest BCUT2D eigenvalue weighted by Gasteiger charge is -2.22. The normalized spacial score (nSPS) is 15.5. The van der Waals surface area contributed by atoms with Gasteiger partial charge in [0.25, 0.3) is 0 Å². The van der Waals surface area contributed by atoms with Crippen molar-refractivity contribution in [2.75, 3.05) is 24.7 Å². The highest BCUT2D eigenvalue weighted by Crippen LogP contribution is 2.43. The fourth-order valence-corrected chi connectivity index (χ4v) is 6.29. The number of hydrogen-bond donors (Lipinski definition) is 0. The molecule has 0 saturated heterocycles. The van der Waals surface area contributed by atoms with E-state index in [4.69, 9.17) is 9.41 Å². The molecule has 10 heteroatoms. The molecule has 1 aliphatic heterocycles. The van der Waals surface area contributed by atoms with E-state index in [2.05, 4.69) is 16.9 Å². The number of rotatable bonds is 6. The van der Waals surface area contributed by atoms with Crippen LogP contribution in [0.3, 0.4) is 0 Å². The summed E-state index contributed by atoms with van der Waals surface area (Å²) in [5.74, 6) is -0.380. The number of anilines is 1. The molecule has 230 valence electrons. The Morgan fingerprint density at radius 3 is 2.47 bits per heavy atom. The Morgan fingerprint density at radius 2 is 1.76 bits per heavy atom. The third-order valence-corrected chi connectivity index (χ3v) is 9.63. The van der Waals surface area contributed by atoms with Gasteiger partial charge in [0.2, 0.25) is 10.0 Å². The van der Waals surface area contributed by atoms with Crippen LogP contribution in [0.4, 0.5) is 20.2 Å². The molecule has 7 nitrogen and oxygen atoms in total. The Balaban J connectivity index is 1.62. The smallest absolute Gasteiger partial charge is 0.232 e. The molecule has 0 aliphatic carbocycles. The molecule has 0 fully saturated rings. The monoisotopic (exact) mass is 626 g/mol. The Morgan fingerprint density at radius 1 is 1.02 bits per heavy atom. The Kier molecular flexibility index (Phi) is 7.86. The number of sulfonamides is 1. The molecule has 0 amide bonds. The van der Waals surface area contributed by atoms with Gasteiger partial charge in [-0.1, -0.05) is 13.0 Å². The van der Waals surface area contributed by atoms with Gasteiger partial charge in [-0.3, -0.25) is 19.3 Å². The summed E-state index contributed by atoms with van der Waals surface area (Å²) in [7, 11) is -0.677. The van der Waals surface area contributed by atoms with E-state index in [1.807, 2.05) is 13.0 Å². The number of halogens is 2. The van der Waals surface area contributed by atoms with Crippen molar-refractivity contribution in [1.29, 1.82) is 0 Å². The first-order valence-electron chi connectivity index (χ1n) is 14.5. The highest BCUT2D eigenvalue weighted by Gasteiger charge is 2.26. The fraction of sp³-hybridized carbons (Fsp3) is 0.229. The summed E-state index contributed by atoms with van der Waals surface area (Å²) in [4.78, 5) is 13.6. The lowest BCUT2D eigenvalue weighted by atomic mass is 9.91. The molecule has 6 rings (SSSR count). The summed E-state index contributed by atoms with van der Waals surface area (Å²) in [6.07, 6.45) is 6.29. The lowest BCUT2D eigenvalue weighted by Crippen LogP contribution is -2.25. The van der Waals surface area contributed by atoms with Gasteiger partial charge < -0.3 is 4.42 Å². The largest absolute Gasteiger partial charge is 0.455 e. The molecule has 5 aromatic rings. The van der Waals surface area contributed by atoms with E-state index in [1.165, 1.54) is 25.2 Å². The van der Waals surface area contributed by atoms with Crippen molar-refractivity contribution in [2.24, 2.45) is 15.9 Å². The number of aliphatic imine (C=N–C) groups is 2. The SMILES string of the molecule is CN=C(C)c1c(-c2ccc(F)cc2)oc2cc(N(C)S(C)(=O)=O)c(-c3cc(C4=Nc5cnccc5CCC4C)ccc3F)cc12. The van der Waals surface area contributed by atoms with E-state index in [9.17, 15) is 12.8 Å². The van der Waals surface area contributed by atoms with E-state index in [0.29, 0.717) is 39.1 Å². The fourth-order valence-electron chi connectivity index (χ4n) is 5.78. The second-order valence-electron chi connectivity index (χ2n) is 11.4. The minimum atomic E-state index is -3.75. The zero-order valence-corrected chi connectivity index (χ0v) is 26.4. The van der Waals surface area contributed by atoms with Crippen LogP contribution in [0.1, 0.15) is 37.0 Å². The molecule has 0 spiro atoms. The number of pyridine rings is 1. The molecule has 0 radical (unpaired) electrons. The Hall–Kier alpha value is -4.70. The molecule has 3 aromatic carbocycles. The third kappa shape index (κ3) is 5.66. The minimum absolute atomic E-state index is 0.0820. The van der Waals surface area contributed by atoms with Crippen LogP contribution in [0.25, 0.3) is 33.4 Å². The van der Waals surface area contributed by atoms with Gasteiger partial charge in [-0.05, 0) is 85.3 Å². The first-order valence-corrected chi connectivity index (χ1v) is 16.4. The maximum absolute atomic E-state index is 15.9. The van der Waals surface area contributed by atoms with Gasteiger partial charge in [-0.25, -0.2) is 17.2 Å². The first-order chi connectivity index (χ1) is 21.5. The molecule has 45 heavy (non-hydrogen) atoms. The minimum Gasteiger partial charge on any atom is -0.455 e. The molecule has 0 N–H and O–H groups in total. The van der Waals surface area contributed by atoms with Crippen molar-refractivity contribution in [3.8, 4) is 22.5 Å². The van der Waals surface area contributed by atoms with E-state index in [-0.39, 0.29) is 23.0 Å². The number of hydrogen-bond acceptors (Lipinski definition) is 6. The molecule has 0 bridgehead atoms. The molecule has 1 atom stereocenters. The van der Waals surface area contributed by atoms with Crippen LogP contribution in [0.15, 0.2) is 87.5 Å². The van der Waals surface area contributed by atoms with Crippen molar-refractivity contribution in [3.05, 3.63) is 101 Å². The molecule has 1 aliphatic rings. The van der Waals surface area contributed by atoms with Crippen molar-refractivity contribution in [1.82, 2.24) is 4.98 Å². The molecule has 0 saturated carbocycles. The van der Waals surface area contributed by atoms with Gasteiger partial charge in [-0.2, -0.15) is 0 Å². The number of nitrogens with zero attached hydrogens (tertiary/aromatic N) is 4. The topological polar surface area (TPSA) is 88.1 Å². The maximum Gasteiger partial charge on any atom is 0.232 e.